The molecule has 0 saturated heterocycles. The van der Waals surface area contributed by atoms with Crippen LogP contribution >= 0.6 is 11.3 Å². The minimum absolute atomic E-state index is 0.0118. The summed E-state index contributed by atoms with van der Waals surface area (Å²) in [6, 6.07) is 7.94. The maximum atomic E-state index is 12.2. The van der Waals surface area contributed by atoms with Crippen LogP contribution < -0.4 is 5.73 Å². The molecule has 0 fully saturated rings. The molecule has 0 amide bonds. The third-order valence-corrected chi connectivity index (χ3v) is 3.76. The second-order valence-corrected chi connectivity index (χ2v) is 4.90. The van der Waals surface area contributed by atoms with E-state index in [1.807, 2.05) is 36.6 Å². The van der Waals surface area contributed by atoms with Gasteiger partial charge in [-0.3, -0.25) is 4.79 Å². The van der Waals surface area contributed by atoms with E-state index in [-0.39, 0.29) is 11.7 Å². The predicted molar refractivity (Wildman–Crippen MR) is 69.0 cm³/mol. The van der Waals surface area contributed by atoms with Crippen molar-refractivity contribution in [3.05, 3.63) is 35.2 Å². The van der Waals surface area contributed by atoms with E-state index < -0.39 is 0 Å². The Labute approximate surface area is 99.1 Å². The van der Waals surface area contributed by atoms with Gasteiger partial charge < -0.3 is 5.73 Å². The van der Waals surface area contributed by atoms with E-state index in [4.69, 9.17) is 5.73 Å². The maximum absolute atomic E-state index is 12.2. The predicted octanol–water partition coefficient (Wildman–Crippen LogP) is 3.07. The third kappa shape index (κ3) is 2.01. The third-order valence-electron chi connectivity index (χ3n) is 2.79. The first-order valence-corrected chi connectivity index (χ1v) is 6.32. The molecule has 0 aliphatic rings. The minimum atomic E-state index is 0.0118. The number of fused-ring (bicyclic) bond motifs is 1. The number of nitrogens with two attached hydrogens (primary N) is 1. The van der Waals surface area contributed by atoms with Crippen LogP contribution in [0.15, 0.2) is 29.6 Å². The van der Waals surface area contributed by atoms with Gasteiger partial charge in [-0.15, -0.1) is 11.3 Å². The molecule has 0 spiro atoms. The van der Waals surface area contributed by atoms with Gasteiger partial charge in [0.15, 0.2) is 5.78 Å². The van der Waals surface area contributed by atoms with Gasteiger partial charge in [-0.05, 0) is 35.9 Å². The molecule has 0 aliphatic carbocycles. The number of ketones is 1. The number of thiophene rings is 1. The summed E-state index contributed by atoms with van der Waals surface area (Å²) in [5.41, 5.74) is 6.33. The van der Waals surface area contributed by atoms with Crippen molar-refractivity contribution >= 4 is 27.2 Å². The highest BCUT2D eigenvalue weighted by atomic mass is 32.1. The number of rotatable bonds is 4. The molecule has 1 aromatic carbocycles. The quantitative estimate of drug-likeness (QED) is 0.825. The first-order chi connectivity index (χ1) is 7.74. The highest BCUT2D eigenvalue weighted by molar-refractivity contribution is 7.17. The second-order valence-electron chi connectivity index (χ2n) is 3.99. The van der Waals surface area contributed by atoms with Crippen LogP contribution in [0.4, 0.5) is 0 Å². The fraction of sp³-hybridized carbons (Fsp3) is 0.308. The molecule has 0 bridgehead atoms. The van der Waals surface area contributed by atoms with Gasteiger partial charge in [0, 0.05) is 16.2 Å². The van der Waals surface area contributed by atoms with Gasteiger partial charge in [0.2, 0.25) is 0 Å². The lowest BCUT2D eigenvalue weighted by molar-refractivity contribution is 0.0927. The Kier molecular flexibility index (Phi) is 3.36. The minimum Gasteiger partial charge on any atom is -0.330 e. The largest absolute Gasteiger partial charge is 0.330 e. The Balaban J connectivity index is 2.39. The molecule has 2 rings (SSSR count). The fourth-order valence-electron chi connectivity index (χ4n) is 1.83. The van der Waals surface area contributed by atoms with Crippen molar-refractivity contribution in [1.82, 2.24) is 0 Å². The summed E-state index contributed by atoms with van der Waals surface area (Å²) in [7, 11) is 0. The molecule has 16 heavy (non-hydrogen) atoms. The van der Waals surface area contributed by atoms with Crippen LogP contribution in [0.5, 0.6) is 0 Å². The van der Waals surface area contributed by atoms with Crippen molar-refractivity contribution in [1.29, 1.82) is 0 Å². The summed E-state index contributed by atoms with van der Waals surface area (Å²) in [6.45, 7) is 2.51. The SMILES string of the molecule is CC(CCN)C(=O)c1cccc2ccsc12. The summed E-state index contributed by atoms with van der Waals surface area (Å²) in [6.07, 6.45) is 0.751. The zero-order chi connectivity index (χ0) is 11.5. The number of hydrogen-bond acceptors (Lipinski definition) is 3. The monoisotopic (exact) mass is 233 g/mol. The molecule has 3 heteroatoms. The van der Waals surface area contributed by atoms with Crippen LogP contribution in [0.2, 0.25) is 0 Å². The Hall–Kier alpha value is -1.19. The zero-order valence-electron chi connectivity index (χ0n) is 9.27. The second kappa shape index (κ2) is 4.76. The van der Waals surface area contributed by atoms with Gasteiger partial charge in [0.1, 0.15) is 0 Å². The first kappa shape index (κ1) is 11.3. The van der Waals surface area contributed by atoms with Crippen molar-refractivity contribution < 1.29 is 4.79 Å². The molecule has 1 unspecified atom stereocenters. The average molecular weight is 233 g/mol. The average Bonchev–Trinajstić information content (AvgIpc) is 2.76. The molecule has 84 valence electrons. The Morgan fingerprint density at radius 2 is 2.25 bits per heavy atom. The lowest BCUT2D eigenvalue weighted by Gasteiger charge is -2.09. The summed E-state index contributed by atoms with van der Waals surface area (Å²) >= 11 is 1.63. The highest BCUT2D eigenvalue weighted by Crippen LogP contribution is 2.26. The van der Waals surface area contributed by atoms with Gasteiger partial charge in [0.05, 0.1) is 0 Å². The Morgan fingerprint density at radius 3 is 3.00 bits per heavy atom. The van der Waals surface area contributed by atoms with Crippen molar-refractivity contribution in [2.24, 2.45) is 11.7 Å². The molecule has 2 nitrogen and oxygen atoms in total. The Morgan fingerprint density at radius 1 is 1.44 bits per heavy atom. The van der Waals surface area contributed by atoms with Crippen molar-refractivity contribution in [2.45, 2.75) is 13.3 Å². The normalized spacial score (nSPS) is 12.9. The van der Waals surface area contributed by atoms with Gasteiger partial charge in [-0.25, -0.2) is 0 Å². The summed E-state index contributed by atoms with van der Waals surface area (Å²) in [5, 5.41) is 3.17. The molecule has 1 aromatic heterocycles. The molecule has 2 aromatic rings. The van der Waals surface area contributed by atoms with Crippen molar-refractivity contribution in [2.75, 3.05) is 6.54 Å². The van der Waals surface area contributed by atoms with E-state index in [1.54, 1.807) is 11.3 Å². The fourth-order valence-corrected chi connectivity index (χ4v) is 2.75. The lowest BCUT2D eigenvalue weighted by Crippen LogP contribution is -2.15. The van der Waals surface area contributed by atoms with Crippen molar-refractivity contribution in [3.8, 4) is 0 Å². The van der Waals surface area contributed by atoms with Crippen LogP contribution in [0.1, 0.15) is 23.7 Å². The van der Waals surface area contributed by atoms with Gasteiger partial charge in [-0.1, -0.05) is 19.1 Å². The van der Waals surface area contributed by atoms with Gasteiger partial charge in [-0.2, -0.15) is 0 Å². The van der Waals surface area contributed by atoms with E-state index in [1.165, 1.54) is 0 Å². The van der Waals surface area contributed by atoms with Crippen LogP contribution in [0, 0.1) is 5.92 Å². The summed E-state index contributed by atoms with van der Waals surface area (Å²) in [5.74, 6) is 0.219. The number of Topliss-reactive ketones (excluding diaryl/α,β-unsaturated/α-hetero) is 1. The first-order valence-electron chi connectivity index (χ1n) is 5.44. The number of benzene rings is 1. The molecule has 1 atom stereocenters. The number of carbonyl (C=O) groups is 1. The van der Waals surface area contributed by atoms with E-state index >= 15 is 0 Å². The van der Waals surface area contributed by atoms with E-state index in [2.05, 4.69) is 0 Å². The Bertz CT molecular complexity index is 503. The van der Waals surface area contributed by atoms with Crippen molar-refractivity contribution in [3.63, 3.8) is 0 Å². The molecular weight excluding hydrogens is 218 g/mol. The van der Waals surface area contributed by atoms with Crippen LogP contribution in [0.3, 0.4) is 0 Å². The zero-order valence-corrected chi connectivity index (χ0v) is 10.1. The van der Waals surface area contributed by atoms with E-state index in [0.29, 0.717) is 6.54 Å². The highest BCUT2D eigenvalue weighted by Gasteiger charge is 2.17. The standard InChI is InChI=1S/C13H15NOS/c1-9(5-7-14)12(15)11-4-2-3-10-6-8-16-13(10)11/h2-4,6,8-9H,5,7,14H2,1H3. The maximum Gasteiger partial charge on any atom is 0.167 e. The molecule has 1 heterocycles. The van der Waals surface area contributed by atoms with Gasteiger partial charge in [0.25, 0.3) is 0 Å². The van der Waals surface area contributed by atoms with Crippen LogP contribution in [0.25, 0.3) is 10.1 Å². The smallest absolute Gasteiger partial charge is 0.167 e. The van der Waals surface area contributed by atoms with Gasteiger partial charge >= 0.3 is 0 Å². The topological polar surface area (TPSA) is 43.1 Å². The molecule has 2 N–H and O–H groups in total. The molecule has 0 radical (unpaired) electrons. The van der Waals surface area contributed by atoms with E-state index in [9.17, 15) is 4.79 Å². The molecule has 0 aliphatic heterocycles. The summed E-state index contributed by atoms with van der Waals surface area (Å²) in [4.78, 5) is 12.2. The summed E-state index contributed by atoms with van der Waals surface area (Å²) < 4.78 is 1.09. The number of carbonyl (C=O) groups excluding carboxylic acids is 1. The van der Waals surface area contributed by atoms with Crippen LogP contribution in [-0.4, -0.2) is 12.3 Å². The number of hydrogen-bond donors (Lipinski definition) is 1. The van der Waals surface area contributed by atoms with Crippen LogP contribution in [-0.2, 0) is 0 Å². The molecule has 0 saturated carbocycles. The van der Waals surface area contributed by atoms with E-state index in [0.717, 1.165) is 22.1 Å². The lowest BCUT2D eigenvalue weighted by atomic mass is 9.96. The molecular formula is C13H15NOS.